The second-order valence-corrected chi connectivity index (χ2v) is 5.27. The van der Waals surface area contributed by atoms with Crippen molar-refractivity contribution in [3.05, 3.63) is 0 Å². The van der Waals surface area contributed by atoms with E-state index in [-0.39, 0.29) is 0 Å². The van der Waals surface area contributed by atoms with Gasteiger partial charge >= 0.3 is 0 Å². The van der Waals surface area contributed by atoms with Crippen LogP contribution in [0, 0.1) is 0 Å². The first kappa shape index (κ1) is 12.3. The molecule has 1 fully saturated rings. The summed E-state index contributed by atoms with van der Waals surface area (Å²) in [6.07, 6.45) is 3.87. The third-order valence-corrected chi connectivity index (χ3v) is 4.53. The standard InChI is InChI=1S/C11H24N2S/c1-3-5-7-13(4-2)11(9-12)6-8-14-10-11/h3-10,12H2,1-2H3. The van der Waals surface area contributed by atoms with Crippen molar-refractivity contribution in [1.82, 2.24) is 4.90 Å². The highest BCUT2D eigenvalue weighted by atomic mass is 32.2. The topological polar surface area (TPSA) is 29.3 Å². The van der Waals surface area contributed by atoms with E-state index in [0.29, 0.717) is 5.54 Å². The first-order valence-corrected chi connectivity index (χ1v) is 6.97. The Morgan fingerprint density at radius 1 is 1.43 bits per heavy atom. The monoisotopic (exact) mass is 216 g/mol. The van der Waals surface area contributed by atoms with Gasteiger partial charge in [-0.15, -0.1) is 0 Å². The van der Waals surface area contributed by atoms with E-state index in [9.17, 15) is 0 Å². The molecular formula is C11H24N2S. The van der Waals surface area contributed by atoms with Gasteiger partial charge in [-0.2, -0.15) is 11.8 Å². The lowest BCUT2D eigenvalue weighted by Gasteiger charge is -2.39. The van der Waals surface area contributed by atoms with E-state index in [2.05, 4.69) is 30.5 Å². The van der Waals surface area contributed by atoms with Crippen molar-refractivity contribution in [3.63, 3.8) is 0 Å². The lowest BCUT2D eigenvalue weighted by Crippen LogP contribution is -2.54. The molecule has 3 heteroatoms. The number of nitrogens with two attached hydrogens (primary N) is 1. The summed E-state index contributed by atoms with van der Waals surface area (Å²) in [4.78, 5) is 2.61. The van der Waals surface area contributed by atoms with E-state index >= 15 is 0 Å². The van der Waals surface area contributed by atoms with E-state index in [1.54, 1.807) is 0 Å². The molecule has 0 radical (unpaired) electrons. The number of unbranched alkanes of at least 4 members (excludes halogenated alkanes) is 1. The summed E-state index contributed by atoms with van der Waals surface area (Å²) in [5.74, 6) is 2.53. The van der Waals surface area contributed by atoms with Crippen LogP contribution >= 0.6 is 11.8 Å². The molecule has 0 aromatic carbocycles. The largest absolute Gasteiger partial charge is 0.329 e. The summed E-state index contributed by atoms with van der Waals surface area (Å²) in [7, 11) is 0. The Balaban J connectivity index is 2.54. The third-order valence-electron chi connectivity index (χ3n) is 3.30. The smallest absolute Gasteiger partial charge is 0.0429 e. The maximum Gasteiger partial charge on any atom is 0.0429 e. The number of thioether (sulfide) groups is 1. The Labute approximate surface area is 92.6 Å². The average molecular weight is 216 g/mol. The summed E-state index contributed by atoms with van der Waals surface area (Å²) in [5.41, 5.74) is 6.29. The van der Waals surface area contributed by atoms with Gasteiger partial charge in [-0.05, 0) is 31.7 Å². The van der Waals surface area contributed by atoms with Crippen LogP contribution in [-0.4, -0.2) is 41.6 Å². The molecule has 1 unspecified atom stereocenters. The molecule has 1 rings (SSSR count). The minimum absolute atomic E-state index is 0.328. The Hall–Kier alpha value is 0.270. The zero-order valence-electron chi connectivity index (χ0n) is 9.59. The quantitative estimate of drug-likeness (QED) is 0.736. The van der Waals surface area contributed by atoms with Crippen LogP contribution in [0.15, 0.2) is 0 Å². The molecule has 2 N–H and O–H groups in total. The second-order valence-electron chi connectivity index (χ2n) is 4.16. The lowest BCUT2D eigenvalue weighted by molar-refractivity contribution is 0.121. The highest BCUT2D eigenvalue weighted by Crippen LogP contribution is 2.32. The van der Waals surface area contributed by atoms with Crippen molar-refractivity contribution in [2.75, 3.05) is 31.1 Å². The lowest BCUT2D eigenvalue weighted by atomic mass is 9.96. The Morgan fingerprint density at radius 2 is 2.21 bits per heavy atom. The molecule has 1 heterocycles. The van der Waals surface area contributed by atoms with Crippen LogP contribution in [0.1, 0.15) is 33.1 Å². The van der Waals surface area contributed by atoms with Crippen LogP contribution in [0.25, 0.3) is 0 Å². The Morgan fingerprint density at radius 3 is 2.64 bits per heavy atom. The molecule has 2 nitrogen and oxygen atoms in total. The summed E-state index contributed by atoms with van der Waals surface area (Å²) in [6.45, 7) is 7.72. The highest BCUT2D eigenvalue weighted by Gasteiger charge is 2.37. The maximum absolute atomic E-state index is 5.96. The SMILES string of the molecule is CCCCN(CC)C1(CN)CCSC1. The number of hydrogen-bond acceptors (Lipinski definition) is 3. The highest BCUT2D eigenvalue weighted by molar-refractivity contribution is 7.99. The van der Waals surface area contributed by atoms with Crippen LogP contribution in [0.3, 0.4) is 0 Å². The molecule has 0 aromatic rings. The Bertz CT molecular complexity index is 155. The minimum Gasteiger partial charge on any atom is -0.329 e. The van der Waals surface area contributed by atoms with E-state index in [0.717, 1.165) is 13.1 Å². The fraction of sp³-hybridized carbons (Fsp3) is 1.00. The number of likely N-dealkylation sites (N-methyl/N-ethyl adjacent to an activating group) is 1. The van der Waals surface area contributed by atoms with Crippen molar-refractivity contribution in [2.45, 2.75) is 38.6 Å². The van der Waals surface area contributed by atoms with Gasteiger partial charge < -0.3 is 5.73 Å². The minimum atomic E-state index is 0.328. The Kier molecular flexibility index (Phi) is 5.28. The summed E-state index contributed by atoms with van der Waals surface area (Å²) >= 11 is 2.06. The van der Waals surface area contributed by atoms with Gasteiger partial charge in [0.05, 0.1) is 0 Å². The molecule has 0 saturated carbocycles. The molecule has 0 amide bonds. The molecule has 1 atom stereocenters. The van der Waals surface area contributed by atoms with Gasteiger partial charge in [0.15, 0.2) is 0 Å². The van der Waals surface area contributed by atoms with Gasteiger partial charge in [0.2, 0.25) is 0 Å². The normalized spacial score (nSPS) is 27.4. The second kappa shape index (κ2) is 5.99. The molecule has 1 saturated heterocycles. The van der Waals surface area contributed by atoms with Gasteiger partial charge in [0.25, 0.3) is 0 Å². The zero-order chi connectivity index (χ0) is 10.4. The van der Waals surface area contributed by atoms with Gasteiger partial charge in [-0.25, -0.2) is 0 Å². The molecule has 1 aliphatic heterocycles. The maximum atomic E-state index is 5.96. The van der Waals surface area contributed by atoms with Crippen LogP contribution in [0.4, 0.5) is 0 Å². The molecule has 0 spiro atoms. The van der Waals surface area contributed by atoms with Crippen LogP contribution in [-0.2, 0) is 0 Å². The molecular weight excluding hydrogens is 192 g/mol. The molecule has 1 aliphatic rings. The third kappa shape index (κ3) is 2.65. The summed E-state index contributed by atoms with van der Waals surface area (Å²) in [6, 6.07) is 0. The summed E-state index contributed by atoms with van der Waals surface area (Å²) in [5, 5.41) is 0. The fourth-order valence-corrected chi connectivity index (χ4v) is 3.71. The average Bonchev–Trinajstić information content (AvgIpc) is 2.69. The van der Waals surface area contributed by atoms with Crippen LogP contribution < -0.4 is 5.73 Å². The molecule has 84 valence electrons. The van der Waals surface area contributed by atoms with Gasteiger partial charge in [-0.1, -0.05) is 20.3 Å². The van der Waals surface area contributed by atoms with Crippen LogP contribution in [0.2, 0.25) is 0 Å². The van der Waals surface area contributed by atoms with E-state index < -0.39 is 0 Å². The first-order chi connectivity index (χ1) is 6.79. The predicted molar refractivity (Wildman–Crippen MR) is 65.9 cm³/mol. The van der Waals surface area contributed by atoms with Gasteiger partial charge in [-0.3, -0.25) is 4.90 Å². The van der Waals surface area contributed by atoms with Crippen molar-refractivity contribution >= 4 is 11.8 Å². The molecule has 0 bridgehead atoms. The number of rotatable bonds is 6. The summed E-state index contributed by atoms with van der Waals surface area (Å²) < 4.78 is 0. The number of nitrogens with zero attached hydrogens (tertiary/aromatic N) is 1. The number of hydrogen-bond donors (Lipinski definition) is 1. The van der Waals surface area contributed by atoms with Crippen molar-refractivity contribution in [1.29, 1.82) is 0 Å². The molecule has 0 aliphatic carbocycles. The molecule has 0 aromatic heterocycles. The van der Waals surface area contributed by atoms with Crippen LogP contribution in [0.5, 0.6) is 0 Å². The van der Waals surface area contributed by atoms with E-state index in [1.165, 1.54) is 37.3 Å². The van der Waals surface area contributed by atoms with Crippen molar-refractivity contribution < 1.29 is 0 Å². The van der Waals surface area contributed by atoms with Crippen molar-refractivity contribution in [3.8, 4) is 0 Å². The first-order valence-electron chi connectivity index (χ1n) is 5.82. The fourth-order valence-electron chi connectivity index (χ4n) is 2.22. The van der Waals surface area contributed by atoms with Gasteiger partial charge in [0, 0.05) is 17.8 Å². The van der Waals surface area contributed by atoms with Gasteiger partial charge in [0.1, 0.15) is 0 Å². The predicted octanol–water partition coefficient (Wildman–Crippen LogP) is 1.94. The van der Waals surface area contributed by atoms with Crippen molar-refractivity contribution in [2.24, 2.45) is 5.73 Å². The zero-order valence-corrected chi connectivity index (χ0v) is 10.4. The van der Waals surface area contributed by atoms with E-state index in [4.69, 9.17) is 5.73 Å². The molecule has 14 heavy (non-hydrogen) atoms. The van der Waals surface area contributed by atoms with E-state index in [1.807, 2.05) is 0 Å².